The van der Waals surface area contributed by atoms with E-state index in [2.05, 4.69) is 0 Å². The van der Waals surface area contributed by atoms with Crippen molar-refractivity contribution in [2.45, 2.75) is 11.8 Å². The first-order valence-electron chi connectivity index (χ1n) is 6.48. The molecule has 21 heavy (non-hydrogen) atoms. The van der Waals surface area contributed by atoms with E-state index in [1.165, 1.54) is 24.8 Å². The number of ether oxygens (including phenoxy) is 1. The van der Waals surface area contributed by atoms with E-state index in [0.717, 1.165) is 0 Å². The molecule has 0 unspecified atom stereocenters. The summed E-state index contributed by atoms with van der Waals surface area (Å²) >= 11 is 1.35. The van der Waals surface area contributed by atoms with Crippen molar-refractivity contribution in [3.8, 4) is 5.75 Å². The maximum Gasteiger partial charge on any atom is 0.163 e. The third kappa shape index (κ3) is 4.23. The minimum absolute atomic E-state index is 0.0390. The van der Waals surface area contributed by atoms with Gasteiger partial charge in [0.2, 0.25) is 0 Å². The molecule has 0 radical (unpaired) electrons. The molecule has 2 rings (SSSR count). The maximum atomic E-state index is 13.6. The fourth-order valence-electron chi connectivity index (χ4n) is 1.82. The Hall–Kier alpha value is -2.01. The second kappa shape index (κ2) is 7.13. The molecule has 0 spiro atoms. The number of hydrogen-bond donors (Lipinski definition) is 1. The van der Waals surface area contributed by atoms with E-state index in [-0.39, 0.29) is 11.6 Å². The summed E-state index contributed by atoms with van der Waals surface area (Å²) in [5, 5.41) is 0. The van der Waals surface area contributed by atoms with Crippen LogP contribution in [-0.4, -0.2) is 18.1 Å². The Labute approximate surface area is 127 Å². The Bertz CT molecular complexity index is 646. The number of hydrogen-bond acceptors (Lipinski definition) is 4. The molecule has 0 aliphatic rings. The van der Waals surface area contributed by atoms with Crippen LogP contribution in [0.4, 0.5) is 10.1 Å². The van der Waals surface area contributed by atoms with Gasteiger partial charge in [-0.3, -0.25) is 4.79 Å². The molecule has 0 saturated heterocycles. The molecule has 0 bridgehead atoms. The number of halogens is 1. The summed E-state index contributed by atoms with van der Waals surface area (Å²) in [6.45, 7) is 1.89. The van der Waals surface area contributed by atoms with Crippen LogP contribution in [0.1, 0.15) is 17.3 Å². The number of carbonyl (C=O) groups excluding carboxylic acids is 1. The minimum atomic E-state index is -0.330. The maximum absolute atomic E-state index is 13.6. The molecule has 110 valence electrons. The van der Waals surface area contributed by atoms with Gasteiger partial charge < -0.3 is 10.5 Å². The van der Waals surface area contributed by atoms with Gasteiger partial charge in [0.05, 0.1) is 12.2 Å². The van der Waals surface area contributed by atoms with Crippen LogP contribution in [0.15, 0.2) is 47.4 Å². The highest BCUT2D eigenvalue weighted by atomic mass is 32.2. The highest BCUT2D eigenvalue weighted by Gasteiger charge is 2.08. The van der Waals surface area contributed by atoms with E-state index >= 15 is 0 Å². The Morgan fingerprint density at radius 3 is 2.76 bits per heavy atom. The largest absolute Gasteiger partial charge is 0.492 e. The molecule has 3 nitrogen and oxygen atoms in total. The third-order valence-electron chi connectivity index (χ3n) is 2.82. The first-order valence-corrected chi connectivity index (χ1v) is 7.47. The molecule has 0 heterocycles. The number of ketones is 1. The number of benzene rings is 2. The van der Waals surface area contributed by atoms with E-state index in [1.54, 1.807) is 30.3 Å². The van der Waals surface area contributed by atoms with Gasteiger partial charge in [-0.25, -0.2) is 4.39 Å². The number of thioether (sulfide) groups is 1. The number of anilines is 1. The number of carbonyl (C=O) groups is 1. The molecule has 2 aromatic rings. The second-order valence-corrected chi connectivity index (χ2v) is 5.58. The molecule has 2 N–H and O–H groups in total. The molecule has 0 atom stereocenters. The zero-order valence-electron chi connectivity index (χ0n) is 11.6. The lowest BCUT2D eigenvalue weighted by Gasteiger charge is -2.09. The van der Waals surface area contributed by atoms with Crippen LogP contribution in [0.3, 0.4) is 0 Å². The molecule has 0 aromatic heterocycles. The van der Waals surface area contributed by atoms with E-state index in [1.807, 2.05) is 6.07 Å². The van der Waals surface area contributed by atoms with Crippen molar-refractivity contribution in [3.05, 3.63) is 53.8 Å². The van der Waals surface area contributed by atoms with Gasteiger partial charge in [-0.2, -0.15) is 0 Å². The Morgan fingerprint density at radius 1 is 1.29 bits per heavy atom. The molecular formula is C16H16FNO2S. The summed E-state index contributed by atoms with van der Waals surface area (Å²) in [4.78, 5) is 12.0. The van der Waals surface area contributed by atoms with Gasteiger partial charge in [0.1, 0.15) is 11.6 Å². The predicted molar refractivity (Wildman–Crippen MR) is 83.5 cm³/mol. The average molecular weight is 305 g/mol. The van der Waals surface area contributed by atoms with Gasteiger partial charge in [-0.05, 0) is 37.3 Å². The summed E-state index contributed by atoms with van der Waals surface area (Å²) in [6.07, 6.45) is 0. The summed E-state index contributed by atoms with van der Waals surface area (Å²) in [5.74, 6) is 0.767. The third-order valence-corrected chi connectivity index (χ3v) is 3.83. The van der Waals surface area contributed by atoms with Crippen LogP contribution < -0.4 is 10.5 Å². The predicted octanol–water partition coefficient (Wildman–Crippen LogP) is 3.78. The van der Waals surface area contributed by atoms with Gasteiger partial charge in [-0.15, -0.1) is 11.8 Å². The number of para-hydroxylation sites is 1. The smallest absolute Gasteiger partial charge is 0.163 e. The molecule has 0 saturated carbocycles. The summed E-state index contributed by atoms with van der Waals surface area (Å²) < 4.78 is 19.2. The Kier molecular flexibility index (Phi) is 5.22. The summed E-state index contributed by atoms with van der Waals surface area (Å²) in [7, 11) is 0. The van der Waals surface area contributed by atoms with E-state index in [9.17, 15) is 9.18 Å². The zero-order valence-corrected chi connectivity index (χ0v) is 12.5. The topological polar surface area (TPSA) is 52.3 Å². The lowest BCUT2D eigenvalue weighted by molar-refractivity contribution is 0.101. The van der Waals surface area contributed by atoms with Gasteiger partial charge in [0.15, 0.2) is 5.78 Å². The Balaban J connectivity index is 1.89. The van der Waals surface area contributed by atoms with Crippen molar-refractivity contribution < 1.29 is 13.9 Å². The molecular weight excluding hydrogens is 289 g/mol. The van der Waals surface area contributed by atoms with Crippen LogP contribution in [-0.2, 0) is 0 Å². The van der Waals surface area contributed by atoms with Crippen molar-refractivity contribution in [1.82, 2.24) is 0 Å². The standard InChI is InChI=1S/C16H16FNO2S/c1-11(19)13-4-2-3-5-15(13)20-8-9-21-16-7-6-12(18)10-14(16)17/h2-7,10H,8-9,18H2,1H3. The molecule has 2 aromatic carbocycles. The van der Waals surface area contributed by atoms with Crippen molar-refractivity contribution >= 4 is 23.2 Å². The number of nitrogen functional groups attached to an aromatic ring is 1. The van der Waals surface area contributed by atoms with Crippen LogP contribution in [0.2, 0.25) is 0 Å². The van der Waals surface area contributed by atoms with Crippen LogP contribution >= 0.6 is 11.8 Å². The zero-order chi connectivity index (χ0) is 15.2. The van der Waals surface area contributed by atoms with E-state index in [4.69, 9.17) is 10.5 Å². The Morgan fingerprint density at radius 2 is 2.05 bits per heavy atom. The van der Waals surface area contributed by atoms with Gasteiger partial charge in [0, 0.05) is 16.3 Å². The van der Waals surface area contributed by atoms with E-state index < -0.39 is 0 Å². The molecule has 0 fully saturated rings. The summed E-state index contributed by atoms with van der Waals surface area (Å²) in [6, 6.07) is 11.7. The SMILES string of the molecule is CC(=O)c1ccccc1OCCSc1ccc(N)cc1F. The fraction of sp³-hybridized carbons (Fsp3) is 0.188. The summed E-state index contributed by atoms with van der Waals surface area (Å²) in [5.41, 5.74) is 6.46. The first-order chi connectivity index (χ1) is 10.1. The lowest BCUT2D eigenvalue weighted by atomic mass is 10.1. The molecule has 5 heteroatoms. The number of Topliss-reactive ketones (excluding diaryl/α,β-unsaturated/α-hetero) is 1. The van der Waals surface area contributed by atoms with Crippen LogP contribution in [0.5, 0.6) is 5.75 Å². The van der Waals surface area contributed by atoms with Crippen LogP contribution in [0, 0.1) is 5.82 Å². The van der Waals surface area contributed by atoms with Crippen LogP contribution in [0.25, 0.3) is 0 Å². The van der Waals surface area contributed by atoms with Gasteiger partial charge in [-0.1, -0.05) is 12.1 Å². The molecule has 0 aliphatic heterocycles. The monoisotopic (exact) mass is 305 g/mol. The average Bonchev–Trinajstić information content (AvgIpc) is 2.45. The fourth-order valence-corrected chi connectivity index (χ4v) is 2.57. The quantitative estimate of drug-likeness (QED) is 0.382. The van der Waals surface area contributed by atoms with Gasteiger partial charge >= 0.3 is 0 Å². The first kappa shape index (κ1) is 15.4. The number of rotatable bonds is 6. The number of nitrogens with two attached hydrogens (primary N) is 1. The van der Waals surface area contributed by atoms with Gasteiger partial charge in [0.25, 0.3) is 0 Å². The molecule has 0 amide bonds. The highest BCUT2D eigenvalue weighted by molar-refractivity contribution is 7.99. The van der Waals surface area contributed by atoms with Crippen molar-refractivity contribution in [3.63, 3.8) is 0 Å². The minimum Gasteiger partial charge on any atom is -0.492 e. The normalized spacial score (nSPS) is 10.4. The highest BCUT2D eigenvalue weighted by Crippen LogP contribution is 2.24. The van der Waals surface area contributed by atoms with Crippen molar-refractivity contribution in [1.29, 1.82) is 0 Å². The molecule has 0 aliphatic carbocycles. The lowest BCUT2D eigenvalue weighted by Crippen LogP contribution is -2.04. The van der Waals surface area contributed by atoms with E-state index in [0.29, 0.717) is 34.3 Å². The van der Waals surface area contributed by atoms with Crippen molar-refractivity contribution in [2.24, 2.45) is 0 Å². The second-order valence-electron chi connectivity index (χ2n) is 4.44. The van der Waals surface area contributed by atoms with Crippen molar-refractivity contribution in [2.75, 3.05) is 18.1 Å².